The number of hydrogen-bond donors (Lipinski definition) is 1. The van der Waals surface area contributed by atoms with Gasteiger partial charge in [0.25, 0.3) is 11.2 Å². The van der Waals surface area contributed by atoms with Crippen LogP contribution in [0, 0.1) is 10.1 Å². The number of aromatic hydroxyl groups is 1. The van der Waals surface area contributed by atoms with Crippen LogP contribution in [0.3, 0.4) is 0 Å². The van der Waals surface area contributed by atoms with Crippen LogP contribution in [0.4, 0.5) is 5.69 Å². The van der Waals surface area contributed by atoms with Crippen LogP contribution >= 0.6 is 22.7 Å². The van der Waals surface area contributed by atoms with Crippen molar-refractivity contribution in [3.63, 3.8) is 0 Å². The molecule has 2 aromatic heterocycles. The minimum absolute atomic E-state index is 0.137. The van der Waals surface area contributed by atoms with E-state index in [1.807, 2.05) is 17.5 Å². The number of carbonyl (C=O) groups is 1. The smallest absolute Gasteiger partial charge is 0.338 e. The van der Waals surface area contributed by atoms with Gasteiger partial charge in [0.1, 0.15) is 11.8 Å². The van der Waals surface area contributed by atoms with Crippen molar-refractivity contribution in [2.45, 2.75) is 19.9 Å². The quantitative estimate of drug-likeness (QED) is 0.346. The van der Waals surface area contributed by atoms with Gasteiger partial charge < -0.3 is 9.84 Å². The highest BCUT2D eigenvalue weighted by molar-refractivity contribution is 7.10. The van der Waals surface area contributed by atoms with Crippen LogP contribution in [0.25, 0.3) is 6.08 Å². The van der Waals surface area contributed by atoms with Crippen LogP contribution in [-0.4, -0.2) is 27.2 Å². The number of benzene rings is 1. The fourth-order valence-electron chi connectivity index (χ4n) is 3.42. The summed E-state index contributed by atoms with van der Waals surface area (Å²) >= 11 is 2.48. The molecule has 11 heteroatoms. The summed E-state index contributed by atoms with van der Waals surface area (Å²) in [7, 11) is 0. The number of non-ortho nitro benzene ring substituents is 1. The molecule has 32 heavy (non-hydrogen) atoms. The highest BCUT2D eigenvalue weighted by atomic mass is 32.1. The Hall–Kier alpha value is -3.57. The molecule has 1 atom stereocenters. The predicted molar refractivity (Wildman–Crippen MR) is 119 cm³/mol. The van der Waals surface area contributed by atoms with Crippen molar-refractivity contribution >= 4 is 40.4 Å². The molecule has 1 aliphatic heterocycles. The van der Waals surface area contributed by atoms with Crippen LogP contribution < -0.4 is 14.9 Å². The molecule has 164 valence electrons. The predicted octanol–water partition coefficient (Wildman–Crippen LogP) is 2.47. The second-order valence-corrected chi connectivity index (χ2v) is 8.81. The second kappa shape index (κ2) is 8.52. The number of ether oxygens (including phenoxy) is 1. The lowest BCUT2D eigenvalue weighted by Gasteiger charge is -2.23. The first-order valence-electron chi connectivity index (χ1n) is 9.52. The van der Waals surface area contributed by atoms with Gasteiger partial charge in [-0.05, 0) is 37.4 Å². The molecule has 0 unspecified atom stereocenters. The molecule has 4 rings (SSSR count). The first-order chi connectivity index (χ1) is 15.3. The lowest BCUT2D eigenvalue weighted by Crippen LogP contribution is -2.39. The molecular formula is C21H17N3O6S2. The zero-order valence-electron chi connectivity index (χ0n) is 17.0. The Kier molecular flexibility index (Phi) is 5.76. The molecule has 0 bridgehead atoms. The summed E-state index contributed by atoms with van der Waals surface area (Å²) in [6.45, 7) is 3.58. The molecule has 0 aliphatic carbocycles. The highest BCUT2D eigenvalue weighted by Gasteiger charge is 2.33. The van der Waals surface area contributed by atoms with Gasteiger partial charge in [-0.2, -0.15) is 0 Å². The van der Waals surface area contributed by atoms with Crippen molar-refractivity contribution in [1.82, 2.24) is 4.57 Å². The average molecular weight is 472 g/mol. The van der Waals surface area contributed by atoms with Crippen LogP contribution in [-0.2, 0) is 9.53 Å². The molecule has 0 saturated heterocycles. The number of hydrogen-bond acceptors (Lipinski definition) is 9. The SMILES string of the molecule is CCOC(=O)C1=C(C)N=c2sc(=Cc3cc([N+](=O)[O-])ccc3O)c(=O)n2[C@H]1c1cccs1. The van der Waals surface area contributed by atoms with Gasteiger partial charge in [-0.25, -0.2) is 9.79 Å². The molecule has 9 nitrogen and oxygen atoms in total. The maximum atomic E-state index is 13.4. The molecule has 3 aromatic rings. The van der Waals surface area contributed by atoms with E-state index in [9.17, 15) is 24.8 Å². The summed E-state index contributed by atoms with van der Waals surface area (Å²) in [5.41, 5.74) is 0.240. The number of phenolic OH excluding ortho intramolecular Hbond substituents is 1. The number of fused-ring (bicyclic) bond motifs is 1. The number of esters is 1. The average Bonchev–Trinajstić information content (AvgIpc) is 3.37. The van der Waals surface area contributed by atoms with E-state index < -0.39 is 22.5 Å². The van der Waals surface area contributed by atoms with Crippen LogP contribution in [0.15, 0.2) is 56.8 Å². The van der Waals surface area contributed by atoms with E-state index >= 15 is 0 Å². The van der Waals surface area contributed by atoms with E-state index in [-0.39, 0.29) is 33.7 Å². The molecule has 1 aliphatic rings. The molecule has 0 saturated carbocycles. The van der Waals surface area contributed by atoms with Gasteiger partial charge in [-0.1, -0.05) is 17.4 Å². The van der Waals surface area contributed by atoms with E-state index in [0.29, 0.717) is 10.5 Å². The fraction of sp³-hybridized carbons (Fsp3) is 0.190. The number of thiophene rings is 1. The lowest BCUT2D eigenvalue weighted by atomic mass is 10.0. The number of nitro groups is 1. The highest BCUT2D eigenvalue weighted by Crippen LogP contribution is 2.33. The number of nitro benzene ring substituents is 1. The zero-order valence-corrected chi connectivity index (χ0v) is 18.6. The Bertz CT molecular complexity index is 1430. The lowest BCUT2D eigenvalue weighted by molar-refractivity contribution is -0.384. The molecular weight excluding hydrogens is 454 g/mol. The Labute approximate surface area is 189 Å². The first kappa shape index (κ1) is 21.7. The van der Waals surface area contributed by atoms with Crippen molar-refractivity contribution in [2.75, 3.05) is 6.61 Å². The number of aromatic nitrogens is 1. The molecule has 0 amide bonds. The maximum absolute atomic E-state index is 13.4. The number of rotatable bonds is 5. The maximum Gasteiger partial charge on any atom is 0.338 e. The Morgan fingerprint density at radius 3 is 2.84 bits per heavy atom. The summed E-state index contributed by atoms with van der Waals surface area (Å²) in [6.07, 6.45) is 1.39. The van der Waals surface area contributed by atoms with Gasteiger partial charge in [-0.3, -0.25) is 19.5 Å². The van der Waals surface area contributed by atoms with E-state index in [1.165, 1.54) is 40.2 Å². The van der Waals surface area contributed by atoms with E-state index in [4.69, 9.17) is 4.74 Å². The van der Waals surface area contributed by atoms with E-state index in [2.05, 4.69) is 4.99 Å². The number of phenols is 1. The summed E-state index contributed by atoms with van der Waals surface area (Å²) in [5.74, 6) is -0.739. The van der Waals surface area contributed by atoms with Gasteiger partial charge in [-0.15, -0.1) is 11.3 Å². The van der Waals surface area contributed by atoms with Gasteiger partial charge in [0, 0.05) is 22.6 Å². The summed E-state index contributed by atoms with van der Waals surface area (Å²) in [6, 6.07) is 6.54. The third kappa shape index (κ3) is 3.76. The number of carbonyl (C=O) groups excluding carboxylic acids is 1. The zero-order chi connectivity index (χ0) is 23.0. The number of thiazole rings is 1. The summed E-state index contributed by atoms with van der Waals surface area (Å²) in [5, 5.41) is 23.1. The fourth-order valence-corrected chi connectivity index (χ4v) is 5.28. The van der Waals surface area contributed by atoms with Gasteiger partial charge in [0.05, 0.1) is 27.3 Å². The Morgan fingerprint density at radius 2 is 2.19 bits per heavy atom. The molecule has 0 spiro atoms. The van der Waals surface area contributed by atoms with Gasteiger partial charge in [0.2, 0.25) is 0 Å². The largest absolute Gasteiger partial charge is 0.507 e. The van der Waals surface area contributed by atoms with Crippen molar-refractivity contribution in [3.8, 4) is 5.75 Å². The molecule has 3 heterocycles. The molecule has 1 N–H and O–H groups in total. The first-order valence-corrected chi connectivity index (χ1v) is 11.2. The van der Waals surface area contributed by atoms with Crippen molar-refractivity contribution < 1.29 is 19.6 Å². The minimum atomic E-state index is -0.703. The van der Waals surface area contributed by atoms with Crippen molar-refractivity contribution in [1.29, 1.82) is 0 Å². The van der Waals surface area contributed by atoms with E-state index in [1.54, 1.807) is 13.8 Å². The van der Waals surface area contributed by atoms with Crippen molar-refractivity contribution in [3.05, 3.63) is 87.2 Å². The number of nitrogens with zero attached hydrogens (tertiary/aromatic N) is 3. The molecule has 0 fully saturated rings. The third-order valence-corrected chi connectivity index (χ3v) is 6.75. The van der Waals surface area contributed by atoms with Crippen LogP contribution in [0.2, 0.25) is 0 Å². The topological polar surface area (TPSA) is 124 Å². The van der Waals surface area contributed by atoms with Crippen LogP contribution in [0.1, 0.15) is 30.3 Å². The number of allylic oxidation sites excluding steroid dienone is 1. The van der Waals surface area contributed by atoms with Crippen LogP contribution in [0.5, 0.6) is 5.75 Å². The second-order valence-electron chi connectivity index (χ2n) is 6.82. The molecule has 0 radical (unpaired) electrons. The van der Waals surface area contributed by atoms with E-state index in [0.717, 1.165) is 16.2 Å². The van der Waals surface area contributed by atoms with Gasteiger partial charge >= 0.3 is 5.97 Å². The van der Waals surface area contributed by atoms with Crippen molar-refractivity contribution in [2.24, 2.45) is 4.99 Å². The monoisotopic (exact) mass is 471 g/mol. The minimum Gasteiger partial charge on any atom is -0.507 e. The summed E-state index contributed by atoms with van der Waals surface area (Å²) < 4.78 is 6.87. The van der Waals surface area contributed by atoms with Gasteiger partial charge in [0.15, 0.2) is 4.80 Å². The Balaban J connectivity index is 1.95. The molecule has 1 aromatic carbocycles. The Morgan fingerprint density at radius 1 is 1.41 bits per heavy atom. The summed E-state index contributed by atoms with van der Waals surface area (Å²) in [4.78, 5) is 42.2. The normalized spacial score (nSPS) is 15.9. The third-order valence-electron chi connectivity index (χ3n) is 4.84. The standard InChI is InChI=1S/C21H17N3O6S2/c1-3-30-20(27)17-11(2)22-21-23(18(17)15-5-4-8-31-15)19(26)16(32-21)10-12-9-13(24(28)29)6-7-14(12)25/h4-10,18,25H,3H2,1-2H3/t18-/m0/s1.